The molecule has 18 heavy (non-hydrogen) atoms. The second-order valence-corrected chi connectivity index (χ2v) is 4.66. The number of anilines is 1. The van der Waals surface area contributed by atoms with Gasteiger partial charge in [-0.1, -0.05) is 0 Å². The van der Waals surface area contributed by atoms with Crippen molar-refractivity contribution in [3.63, 3.8) is 0 Å². The summed E-state index contributed by atoms with van der Waals surface area (Å²) in [5.41, 5.74) is 2.93. The maximum Gasteiger partial charge on any atom is 0.255 e. The Morgan fingerprint density at radius 1 is 1.44 bits per heavy atom. The number of amides is 1. The summed E-state index contributed by atoms with van der Waals surface area (Å²) in [6, 6.07) is 3.51. The van der Waals surface area contributed by atoms with E-state index in [9.17, 15) is 4.79 Å². The van der Waals surface area contributed by atoms with Crippen LogP contribution in [0.15, 0.2) is 29.1 Å². The fourth-order valence-electron chi connectivity index (χ4n) is 1.63. The zero-order chi connectivity index (χ0) is 13.0. The minimum Gasteiger partial charge on any atom is -0.372 e. The van der Waals surface area contributed by atoms with Crippen LogP contribution in [-0.4, -0.2) is 17.9 Å². The van der Waals surface area contributed by atoms with E-state index in [4.69, 9.17) is 0 Å². The highest BCUT2D eigenvalue weighted by Crippen LogP contribution is 2.14. The molecule has 5 heteroatoms. The van der Waals surface area contributed by atoms with Crippen LogP contribution in [0.4, 0.5) is 5.82 Å². The van der Waals surface area contributed by atoms with Gasteiger partial charge in [0.15, 0.2) is 0 Å². The van der Waals surface area contributed by atoms with Gasteiger partial charge in [0.2, 0.25) is 0 Å². The van der Waals surface area contributed by atoms with Gasteiger partial charge < -0.3 is 10.6 Å². The summed E-state index contributed by atoms with van der Waals surface area (Å²) < 4.78 is 0. The van der Waals surface area contributed by atoms with Crippen molar-refractivity contribution in [1.82, 2.24) is 10.3 Å². The molecule has 2 heterocycles. The highest BCUT2D eigenvalue weighted by atomic mass is 32.1. The highest BCUT2D eigenvalue weighted by molar-refractivity contribution is 7.08. The van der Waals surface area contributed by atoms with E-state index >= 15 is 0 Å². The SMILES string of the molecule is CNc1ncccc1C(=O)NCc1cscc1C. The van der Waals surface area contributed by atoms with Gasteiger partial charge in [-0.15, -0.1) is 0 Å². The van der Waals surface area contributed by atoms with Crippen molar-refractivity contribution in [3.05, 3.63) is 45.8 Å². The van der Waals surface area contributed by atoms with Crippen molar-refractivity contribution in [2.45, 2.75) is 13.5 Å². The van der Waals surface area contributed by atoms with Crippen LogP contribution < -0.4 is 10.6 Å². The van der Waals surface area contributed by atoms with Crippen LogP contribution in [0.25, 0.3) is 0 Å². The third kappa shape index (κ3) is 2.68. The molecule has 0 saturated carbocycles. The lowest BCUT2D eigenvalue weighted by Gasteiger charge is -2.08. The number of thiophene rings is 1. The third-order valence-electron chi connectivity index (χ3n) is 2.69. The maximum absolute atomic E-state index is 12.0. The number of carbonyl (C=O) groups is 1. The predicted octanol–water partition coefficient (Wildman–Crippen LogP) is 2.42. The first kappa shape index (κ1) is 12.6. The first-order valence-corrected chi connectivity index (χ1v) is 6.59. The topological polar surface area (TPSA) is 54.0 Å². The van der Waals surface area contributed by atoms with Gasteiger partial charge in [-0.25, -0.2) is 4.98 Å². The zero-order valence-electron chi connectivity index (χ0n) is 10.4. The molecule has 0 radical (unpaired) electrons. The van der Waals surface area contributed by atoms with Crippen molar-refractivity contribution in [1.29, 1.82) is 0 Å². The minimum atomic E-state index is -0.113. The second kappa shape index (κ2) is 5.64. The lowest BCUT2D eigenvalue weighted by atomic mass is 10.2. The van der Waals surface area contributed by atoms with Gasteiger partial charge in [-0.05, 0) is 40.9 Å². The Kier molecular flexibility index (Phi) is 3.94. The first-order chi connectivity index (χ1) is 8.72. The van der Waals surface area contributed by atoms with E-state index in [1.165, 1.54) is 5.56 Å². The van der Waals surface area contributed by atoms with Crippen LogP contribution in [0.5, 0.6) is 0 Å². The van der Waals surface area contributed by atoms with Crippen LogP contribution >= 0.6 is 11.3 Å². The van der Waals surface area contributed by atoms with Crippen molar-refractivity contribution in [3.8, 4) is 0 Å². The molecule has 2 N–H and O–H groups in total. The predicted molar refractivity (Wildman–Crippen MR) is 74.0 cm³/mol. The number of aryl methyl sites for hydroxylation is 1. The fourth-order valence-corrected chi connectivity index (χ4v) is 2.48. The zero-order valence-corrected chi connectivity index (χ0v) is 11.2. The molecule has 0 atom stereocenters. The van der Waals surface area contributed by atoms with Crippen LogP contribution in [0, 0.1) is 6.92 Å². The number of carbonyl (C=O) groups excluding carboxylic acids is 1. The molecule has 0 aliphatic rings. The van der Waals surface area contributed by atoms with Crippen LogP contribution in [-0.2, 0) is 6.54 Å². The Morgan fingerprint density at radius 2 is 2.28 bits per heavy atom. The van der Waals surface area contributed by atoms with Crippen molar-refractivity contribution in [2.24, 2.45) is 0 Å². The standard InChI is InChI=1S/C13H15N3OS/c1-9-7-18-8-10(9)6-16-13(17)11-4-3-5-15-12(11)14-2/h3-5,7-8H,6H2,1-2H3,(H,14,15)(H,16,17). The Morgan fingerprint density at radius 3 is 2.94 bits per heavy atom. The summed E-state index contributed by atoms with van der Waals surface area (Å²) in [5.74, 6) is 0.482. The summed E-state index contributed by atoms with van der Waals surface area (Å²) in [6.07, 6.45) is 1.66. The van der Waals surface area contributed by atoms with Gasteiger partial charge in [-0.3, -0.25) is 4.79 Å². The third-order valence-corrected chi connectivity index (χ3v) is 3.60. The molecule has 0 unspecified atom stereocenters. The number of pyridine rings is 1. The summed E-state index contributed by atoms with van der Waals surface area (Å²) >= 11 is 1.65. The molecule has 0 aromatic carbocycles. The lowest BCUT2D eigenvalue weighted by molar-refractivity contribution is 0.0951. The highest BCUT2D eigenvalue weighted by Gasteiger charge is 2.11. The van der Waals surface area contributed by atoms with Gasteiger partial charge >= 0.3 is 0 Å². The average molecular weight is 261 g/mol. The largest absolute Gasteiger partial charge is 0.372 e. The van der Waals surface area contributed by atoms with Crippen LogP contribution in [0.3, 0.4) is 0 Å². The van der Waals surface area contributed by atoms with E-state index in [2.05, 4.69) is 26.4 Å². The number of hydrogen-bond acceptors (Lipinski definition) is 4. The average Bonchev–Trinajstić information content (AvgIpc) is 2.81. The Labute approximate surface area is 110 Å². The molecule has 0 aliphatic heterocycles. The van der Waals surface area contributed by atoms with Crippen molar-refractivity contribution >= 4 is 23.1 Å². The summed E-state index contributed by atoms with van der Waals surface area (Å²) in [7, 11) is 1.75. The van der Waals surface area contributed by atoms with E-state index in [-0.39, 0.29) is 5.91 Å². The molecule has 2 rings (SSSR count). The van der Waals surface area contributed by atoms with Gasteiger partial charge in [0.05, 0.1) is 5.56 Å². The Bertz CT molecular complexity index is 551. The van der Waals surface area contributed by atoms with E-state index in [0.29, 0.717) is 17.9 Å². The number of rotatable bonds is 4. The summed E-state index contributed by atoms with van der Waals surface area (Å²) in [6.45, 7) is 2.59. The fraction of sp³-hybridized carbons (Fsp3) is 0.231. The molecule has 94 valence electrons. The molecule has 1 amide bonds. The number of aromatic nitrogens is 1. The Balaban J connectivity index is 2.06. The molecule has 4 nitrogen and oxygen atoms in total. The van der Waals surface area contributed by atoms with Gasteiger partial charge in [0.1, 0.15) is 5.82 Å². The van der Waals surface area contributed by atoms with Gasteiger partial charge in [0.25, 0.3) is 5.91 Å². The Hall–Kier alpha value is -1.88. The molecule has 0 spiro atoms. The molecule has 0 fully saturated rings. The maximum atomic E-state index is 12.0. The molecule has 2 aromatic heterocycles. The van der Waals surface area contributed by atoms with E-state index in [1.54, 1.807) is 36.7 Å². The normalized spacial score (nSPS) is 10.1. The lowest BCUT2D eigenvalue weighted by Crippen LogP contribution is -2.24. The second-order valence-electron chi connectivity index (χ2n) is 3.91. The van der Waals surface area contributed by atoms with E-state index in [1.807, 2.05) is 6.92 Å². The van der Waals surface area contributed by atoms with Gasteiger partial charge in [-0.2, -0.15) is 11.3 Å². The minimum absolute atomic E-state index is 0.113. The quantitative estimate of drug-likeness (QED) is 0.888. The van der Waals surface area contributed by atoms with Crippen molar-refractivity contribution < 1.29 is 4.79 Å². The molecule has 0 bridgehead atoms. The molecular weight excluding hydrogens is 246 g/mol. The smallest absolute Gasteiger partial charge is 0.255 e. The summed E-state index contributed by atoms with van der Waals surface area (Å²) in [5, 5.41) is 9.94. The molecule has 2 aromatic rings. The monoisotopic (exact) mass is 261 g/mol. The van der Waals surface area contributed by atoms with Crippen LogP contribution in [0.1, 0.15) is 21.5 Å². The number of hydrogen-bond donors (Lipinski definition) is 2. The van der Waals surface area contributed by atoms with E-state index < -0.39 is 0 Å². The van der Waals surface area contributed by atoms with Crippen molar-refractivity contribution in [2.75, 3.05) is 12.4 Å². The molecule has 0 aliphatic carbocycles. The van der Waals surface area contributed by atoms with Gasteiger partial charge in [0, 0.05) is 19.8 Å². The number of nitrogens with one attached hydrogen (secondary N) is 2. The van der Waals surface area contributed by atoms with E-state index in [0.717, 1.165) is 5.56 Å². The summed E-state index contributed by atoms with van der Waals surface area (Å²) in [4.78, 5) is 16.2. The number of nitrogens with zero attached hydrogens (tertiary/aromatic N) is 1. The first-order valence-electron chi connectivity index (χ1n) is 5.65. The molecule has 0 saturated heterocycles. The molecular formula is C13H15N3OS. The van der Waals surface area contributed by atoms with Crippen LogP contribution in [0.2, 0.25) is 0 Å².